The molecular formula is C15H22ClNO2. The molecule has 1 aliphatic carbocycles. The van der Waals surface area contributed by atoms with Crippen LogP contribution in [0.5, 0.6) is 0 Å². The summed E-state index contributed by atoms with van der Waals surface area (Å²) in [6.07, 6.45) is 8.77. The standard InChI is InChI=1S/C15H22ClNO2/c16-10-4-3-9-15(18)17(13-6-1-2-7-13)12-14-8-5-11-19-14/h5,8,11,13H,1-4,6-7,9-10,12H2. The van der Waals surface area contributed by atoms with Crippen LogP contribution in [0.2, 0.25) is 0 Å². The third kappa shape index (κ3) is 4.27. The van der Waals surface area contributed by atoms with Crippen LogP contribution in [0.15, 0.2) is 22.8 Å². The number of hydrogen-bond acceptors (Lipinski definition) is 2. The van der Waals surface area contributed by atoms with Gasteiger partial charge in [-0.3, -0.25) is 4.79 Å². The van der Waals surface area contributed by atoms with E-state index in [9.17, 15) is 4.79 Å². The van der Waals surface area contributed by atoms with Crippen LogP contribution in [0.4, 0.5) is 0 Å². The Balaban J connectivity index is 1.94. The zero-order chi connectivity index (χ0) is 13.5. The lowest BCUT2D eigenvalue weighted by molar-refractivity contribution is -0.134. The van der Waals surface area contributed by atoms with Gasteiger partial charge < -0.3 is 9.32 Å². The van der Waals surface area contributed by atoms with Gasteiger partial charge in [0.1, 0.15) is 5.76 Å². The minimum atomic E-state index is 0.244. The van der Waals surface area contributed by atoms with E-state index in [0.717, 1.165) is 31.4 Å². The predicted molar refractivity (Wildman–Crippen MR) is 76.1 cm³/mol. The van der Waals surface area contributed by atoms with Gasteiger partial charge >= 0.3 is 0 Å². The second-order valence-corrected chi connectivity index (χ2v) is 5.56. The number of halogens is 1. The monoisotopic (exact) mass is 283 g/mol. The van der Waals surface area contributed by atoms with Crippen LogP contribution in [0, 0.1) is 0 Å². The Bertz CT molecular complexity index is 372. The van der Waals surface area contributed by atoms with Crippen LogP contribution < -0.4 is 0 Å². The van der Waals surface area contributed by atoms with Gasteiger partial charge in [-0.2, -0.15) is 0 Å². The third-order valence-corrected chi connectivity index (χ3v) is 4.03. The van der Waals surface area contributed by atoms with Crippen LogP contribution in [0.25, 0.3) is 0 Å². The van der Waals surface area contributed by atoms with E-state index in [1.54, 1.807) is 6.26 Å². The number of carbonyl (C=O) groups is 1. The molecule has 0 N–H and O–H groups in total. The fourth-order valence-electron chi connectivity index (χ4n) is 2.72. The summed E-state index contributed by atoms with van der Waals surface area (Å²) in [6, 6.07) is 4.21. The second kappa shape index (κ2) is 7.59. The largest absolute Gasteiger partial charge is 0.467 e. The van der Waals surface area contributed by atoms with Crippen LogP contribution in [-0.4, -0.2) is 22.7 Å². The molecule has 0 atom stereocenters. The molecule has 3 nitrogen and oxygen atoms in total. The maximum absolute atomic E-state index is 12.4. The summed E-state index contributed by atoms with van der Waals surface area (Å²) in [6.45, 7) is 0.609. The van der Waals surface area contributed by atoms with Gasteiger partial charge in [-0.1, -0.05) is 12.8 Å². The number of amides is 1. The lowest BCUT2D eigenvalue weighted by Gasteiger charge is -2.28. The smallest absolute Gasteiger partial charge is 0.223 e. The normalized spacial score (nSPS) is 15.8. The maximum Gasteiger partial charge on any atom is 0.223 e. The first-order valence-corrected chi connectivity index (χ1v) is 7.72. The summed E-state index contributed by atoms with van der Waals surface area (Å²) in [7, 11) is 0. The molecule has 0 spiro atoms. The number of unbranched alkanes of at least 4 members (excludes halogenated alkanes) is 1. The quantitative estimate of drug-likeness (QED) is 0.560. The SMILES string of the molecule is O=C(CCCCCl)N(Cc1ccco1)C1CCCC1. The summed E-state index contributed by atoms with van der Waals surface area (Å²) < 4.78 is 5.38. The first-order valence-electron chi connectivity index (χ1n) is 7.19. The molecule has 1 aromatic heterocycles. The van der Waals surface area contributed by atoms with Crippen molar-refractivity contribution in [1.82, 2.24) is 4.90 Å². The van der Waals surface area contributed by atoms with E-state index in [-0.39, 0.29) is 5.91 Å². The highest BCUT2D eigenvalue weighted by Gasteiger charge is 2.26. The van der Waals surface area contributed by atoms with Gasteiger partial charge in [0, 0.05) is 18.3 Å². The molecule has 0 radical (unpaired) electrons. The van der Waals surface area contributed by atoms with Crippen LogP contribution in [-0.2, 0) is 11.3 Å². The highest BCUT2D eigenvalue weighted by Crippen LogP contribution is 2.26. The lowest BCUT2D eigenvalue weighted by atomic mass is 10.1. The van der Waals surface area contributed by atoms with E-state index in [4.69, 9.17) is 16.0 Å². The van der Waals surface area contributed by atoms with Gasteiger partial charge in [-0.15, -0.1) is 11.6 Å². The van der Waals surface area contributed by atoms with E-state index in [1.165, 1.54) is 12.8 Å². The fraction of sp³-hybridized carbons (Fsp3) is 0.667. The van der Waals surface area contributed by atoms with E-state index < -0.39 is 0 Å². The van der Waals surface area contributed by atoms with Crippen molar-refractivity contribution in [3.63, 3.8) is 0 Å². The summed E-state index contributed by atoms with van der Waals surface area (Å²) in [5, 5.41) is 0. The Morgan fingerprint density at radius 3 is 2.79 bits per heavy atom. The molecular weight excluding hydrogens is 262 g/mol. The molecule has 4 heteroatoms. The molecule has 1 fully saturated rings. The Morgan fingerprint density at radius 1 is 1.37 bits per heavy atom. The van der Waals surface area contributed by atoms with Gasteiger partial charge in [0.2, 0.25) is 5.91 Å². The minimum absolute atomic E-state index is 0.244. The molecule has 1 heterocycles. The number of rotatable bonds is 7. The van der Waals surface area contributed by atoms with E-state index >= 15 is 0 Å². The van der Waals surface area contributed by atoms with Crippen molar-refractivity contribution in [3.05, 3.63) is 24.2 Å². The molecule has 1 saturated carbocycles. The van der Waals surface area contributed by atoms with Crippen molar-refractivity contribution in [3.8, 4) is 0 Å². The Hall–Kier alpha value is -0.960. The number of furan rings is 1. The average Bonchev–Trinajstić information content (AvgIpc) is 3.09. The van der Waals surface area contributed by atoms with Gasteiger partial charge in [0.05, 0.1) is 12.8 Å². The second-order valence-electron chi connectivity index (χ2n) is 5.19. The number of carbonyl (C=O) groups excluding carboxylic acids is 1. The number of nitrogens with zero attached hydrogens (tertiary/aromatic N) is 1. The average molecular weight is 284 g/mol. The summed E-state index contributed by atoms with van der Waals surface area (Å²) in [4.78, 5) is 14.4. The zero-order valence-corrected chi connectivity index (χ0v) is 12.1. The molecule has 1 amide bonds. The molecule has 2 rings (SSSR count). The van der Waals surface area contributed by atoms with Crippen molar-refractivity contribution in [2.45, 2.75) is 57.5 Å². The first kappa shape index (κ1) is 14.4. The topological polar surface area (TPSA) is 33.5 Å². The Morgan fingerprint density at radius 2 is 2.16 bits per heavy atom. The minimum Gasteiger partial charge on any atom is -0.467 e. The Labute approximate surface area is 119 Å². The molecule has 106 valence electrons. The fourth-order valence-corrected chi connectivity index (χ4v) is 2.91. The molecule has 0 aliphatic heterocycles. The summed E-state index contributed by atoms with van der Waals surface area (Å²) in [5.74, 6) is 1.75. The van der Waals surface area contributed by atoms with Crippen molar-refractivity contribution in [1.29, 1.82) is 0 Å². The van der Waals surface area contributed by atoms with E-state index in [2.05, 4.69) is 0 Å². The molecule has 0 saturated heterocycles. The number of hydrogen-bond donors (Lipinski definition) is 0. The lowest BCUT2D eigenvalue weighted by Crippen LogP contribution is -2.38. The highest BCUT2D eigenvalue weighted by molar-refractivity contribution is 6.17. The van der Waals surface area contributed by atoms with Crippen molar-refractivity contribution in [2.24, 2.45) is 0 Å². The first-order chi connectivity index (χ1) is 9.31. The summed E-state index contributed by atoms with van der Waals surface area (Å²) in [5.41, 5.74) is 0. The zero-order valence-electron chi connectivity index (χ0n) is 11.3. The maximum atomic E-state index is 12.4. The van der Waals surface area contributed by atoms with Crippen LogP contribution in [0.1, 0.15) is 50.7 Å². The molecule has 19 heavy (non-hydrogen) atoms. The highest BCUT2D eigenvalue weighted by atomic mass is 35.5. The Kier molecular flexibility index (Phi) is 5.77. The van der Waals surface area contributed by atoms with Crippen LogP contribution >= 0.6 is 11.6 Å². The van der Waals surface area contributed by atoms with E-state index in [0.29, 0.717) is 24.9 Å². The molecule has 0 aromatic carbocycles. The van der Waals surface area contributed by atoms with Gasteiger partial charge in [-0.05, 0) is 37.8 Å². The van der Waals surface area contributed by atoms with E-state index in [1.807, 2.05) is 17.0 Å². The summed E-state index contributed by atoms with van der Waals surface area (Å²) >= 11 is 5.67. The van der Waals surface area contributed by atoms with Gasteiger partial charge in [0.25, 0.3) is 0 Å². The molecule has 0 bridgehead atoms. The van der Waals surface area contributed by atoms with Crippen molar-refractivity contribution in [2.75, 3.05) is 5.88 Å². The predicted octanol–water partition coefficient (Wildman–Crippen LogP) is 3.96. The molecule has 1 aromatic rings. The third-order valence-electron chi connectivity index (χ3n) is 3.77. The van der Waals surface area contributed by atoms with Gasteiger partial charge in [0.15, 0.2) is 0 Å². The number of alkyl halides is 1. The van der Waals surface area contributed by atoms with Crippen LogP contribution in [0.3, 0.4) is 0 Å². The molecule has 1 aliphatic rings. The van der Waals surface area contributed by atoms with Crippen molar-refractivity contribution < 1.29 is 9.21 Å². The van der Waals surface area contributed by atoms with Crippen molar-refractivity contribution >= 4 is 17.5 Å². The molecule has 0 unspecified atom stereocenters. The van der Waals surface area contributed by atoms with Gasteiger partial charge in [-0.25, -0.2) is 0 Å².